The monoisotopic (exact) mass is 299 g/mol. The molecule has 1 unspecified atom stereocenters. The molecule has 6 heteroatoms. The van der Waals surface area contributed by atoms with Crippen LogP contribution in [0.15, 0.2) is 21.2 Å². The van der Waals surface area contributed by atoms with E-state index in [9.17, 15) is 13.2 Å². The predicted molar refractivity (Wildman–Crippen MR) is 58.1 cm³/mol. The van der Waals surface area contributed by atoms with Gasteiger partial charge in [0.25, 0.3) is 0 Å². The average Bonchev–Trinajstić information content (AvgIpc) is 2.57. The van der Waals surface area contributed by atoms with Crippen LogP contribution in [0, 0.1) is 0 Å². The quantitative estimate of drug-likeness (QED) is 0.888. The summed E-state index contributed by atoms with van der Waals surface area (Å²) in [6.45, 7) is 2.43. The molecule has 1 N–H and O–H groups in total. The van der Waals surface area contributed by atoms with Gasteiger partial charge in [-0.15, -0.1) is 0 Å². The number of furan rings is 1. The largest absolute Gasteiger partial charge is 0.453 e. The highest BCUT2D eigenvalue weighted by Crippen LogP contribution is 2.31. The van der Waals surface area contributed by atoms with Gasteiger partial charge in [0.15, 0.2) is 4.67 Å². The average molecular weight is 300 g/mol. The zero-order chi connectivity index (χ0) is 12.2. The van der Waals surface area contributed by atoms with Crippen LogP contribution in [0.25, 0.3) is 0 Å². The molecule has 0 saturated heterocycles. The second-order valence-corrected chi connectivity index (χ2v) is 4.25. The molecule has 92 valence electrons. The molecule has 0 aliphatic rings. The highest BCUT2D eigenvalue weighted by atomic mass is 79.9. The SMILES string of the molecule is CCCNC(CC(F)(F)F)c1ccc(Br)o1. The fourth-order valence-electron chi connectivity index (χ4n) is 1.34. The van der Waals surface area contributed by atoms with Crippen LogP contribution in [0.1, 0.15) is 31.6 Å². The number of nitrogens with one attached hydrogen (secondary N) is 1. The Bertz CT molecular complexity index is 324. The molecule has 0 aliphatic heterocycles. The van der Waals surface area contributed by atoms with Gasteiger partial charge in [-0.1, -0.05) is 6.92 Å². The normalized spacial score (nSPS) is 14.1. The van der Waals surface area contributed by atoms with E-state index < -0.39 is 18.6 Å². The number of hydrogen-bond acceptors (Lipinski definition) is 2. The minimum atomic E-state index is -4.20. The smallest absolute Gasteiger partial charge is 0.391 e. The van der Waals surface area contributed by atoms with Crippen molar-refractivity contribution >= 4 is 15.9 Å². The Morgan fingerprint density at radius 2 is 2.12 bits per heavy atom. The van der Waals surface area contributed by atoms with Crippen LogP contribution in [0.3, 0.4) is 0 Å². The maximum Gasteiger partial charge on any atom is 0.391 e. The fraction of sp³-hybridized carbons (Fsp3) is 0.600. The Kier molecular flexibility index (Phi) is 4.86. The van der Waals surface area contributed by atoms with E-state index in [1.54, 1.807) is 12.1 Å². The first-order valence-electron chi connectivity index (χ1n) is 4.97. The van der Waals surface area contributed by atoms with E-state index in [1.807, 2.05) is 6.92 Å². The van der Waals surface area contributed by atoms with Crippen LogP contribution in [0.5, 0.6) is 0 Å². The third kappa shape index (κ3) is 4.57. The van der Waals surface area contributed by atoms with Crippen LogP contribution < -0.4 is 5.32 Å². The van der Waals surface area contributed by atoms with E-state index >= 15 is 0 Å². The second kappa shape index (κ2) is 5.72. The lowest BCUT2D eigenvalue weighted by atomic mass is 10.1. The first-order valence-corrected chi connectivity index (χ1v) is 5.77. The van der Waals surface area contributed by atoms with Crippen molar-refractivity contribution in [3.63, 3.8) is 0 Å². The second-order valence-electron chi connectivity index (χ2n) is 3.47. The number of halogens is 4. The highest BCUT2D eigenvalue weighted by Gasteiger charge is 2.33. The van der Waals surface area contributed by atoms with Gasteiger partial charge >= 0.3 is 6.18 Å². The summed E-state index contributed by atoms with van der Waals surface area (Å²) in [5.41, 5.74) is 0. The Hall–Kier alpha value is -0.490. The summed E-state index contributed by atoms with van der Waals surface area (Å²) < 4.78 is 42.6. The van der Waals surface area contributed by atoms with Crippen LogP contribution in [0.2, 0.25) is 0 Å². The molecule has 0 saturated carbocycles. The lowest BCUT2D eigenvalue weighted by Crippen LogP contribution is -2.27. The lowest BCUT2D eigenvalue weighted by molar-refractivity contribution is -0.141. The third-order valence-electron chi connectivity index (χ3n) is 2.01. The third-order valence-corrected chi connectivity index (χ3v) is 2.44. The van der Waals surface area contributed by atoms with Crippen molar-refractivity contribution in [3.05, 3.63) is 22.6 Å². The summed E-state index contributed by atoms with van der Waals surface area (Å²) in [7, 11) is 0. The molecule has 1 atom stereocenters. The molecule has 0 spiro atoms. The maximum absolute atomic E-state index is 12.3. The van der Waals surface area contributed by atoms with Gasteiger partial charge < -0.3 is 9.73 Å². The highest BCUT2D eigenvalue weighted by molar-refractivity contribution is 9.10. The zero-order valence-electron chi connectivity index (χ0n) is 8.77. The van der Waals surface area contributed by atoms with Crippen LogP contribution in [0.4, 0.5) is 13.2 Å². The van der Waals surface area contributed by atoms with Gasteiger partial charge in [0.2, 0.25) is 0 Å². The van der Waals surface area contributed by atoms with Crippen LogP contribution in [-0.4, -0.2) is 12.7 Å². The topological polar surface area (TPSA) is 25.2 Å². The summed E-state index contributed by atoms with van der Waals surface area (Å²) in [5, 5.41) is 2.82. The van der Waals surface area contributed by atoms with E-state index in [-0.39, 0.29) is 0 Å². The minimum absolute atomic E-state index is 0.303. The van der Waals surface area contributed by atoms with Crippen molar-refractivity contribution in [2.24, 2.45) is 0 Å². The minimum Gasteiger partial charge on any atom is -0.453 e. The summed E-state index contributed by atoms with van der Waals surface area (Å²) in [6.07, 6.45) is -4.35. The predicted octanol–water partition coefficient (Wildman–Crippen LogP) is 4.04. The Morgan fingerprint density at radius 1 is 1.44 bits per heavy atom. The van der Waals surface area contributed by atoms with Crippen LogP contribution in [-0.2, 0) is 0 Å². The molecule has 0 amide bonds. The molecule has 1 rings (SSSR count). The summed E-state index contributed by atoms with van der Waals surface area (Å²) in [6, 6.07) is 2.32. The van der Waals surface area contributed by atoms with Crippen molar-refractivity contribution in [2.75, 3.05) is 6.54 Å². The van der Waals surface area contributed by atoms with E-state index in [2.05, 4.69) is 21.2 Å². The molecule has 0 bridgehead atoms. The Labute approximate surface area is 100 Å². The Morgan fingerprint density at radius 3 is 2.56 bits per heavy atom. The molecule has 0 aromatic carbocycles. The fourth-order valence-corrected chi connectivity index (χ4v) is 1.66. The van der Waals surface area contributed by atoms with Gasteiger partial charge in [-0.25, -0.2) is 0 Å². The van der Waals surface area contributed by atoms with Gasteiger partial charge in [-0.2, -0.15) is 13.2 Å². The standard InChI is InChI=1S/C10H13BrF3NO/c1-2-5-15-7(6-10(12,13)14)8-3-4-9(11)16-8/h3-4,7,15H,2,5-6H2,1H3. The first kappa shape index (κ1) is 13.6. The summed E-state index contributed by atoms with van der Waals surface area (Å²) in [4.78, 5) is 0. The van der Waals surface area contributed by atoms with Gasteiger partial charge in [0, 0.05) is 0 Å². The van der Waals surface area contributed by atoms with Crippen molar-refractivity contribution in [3.8, 4) is 0 Å². The Balaban J connectivity index is 2.71. The molecule has 1 aromatic rings. The zero-order valence-corrected chi connectivity index (χ0v) is 10.4. The number of alkyl halides is 3. The number of rotatable bonds is 5. The molecule has 16 heavy (non-hydrogen) atoms. The molecule has 1 aromatic heterocycles. The molecule has 0 fully saturated rings. The van der Waals surface area contributed by atoms with E-state index in [0.29, 0.717) is 17.0 Å². The van der Waals surface area contributed by atoms with Crippen molar-refractivity contribution in [2.45, 2.75) is 32.0 Å². The van der Waals surface area contributed by atoms with Crippen molar-refractivity contribution < 1.29 is 17.6 Å². The lowest BCUT2D eigenvalue weighted by Gasteiger charge is -2.17. The molecule has 2 nitrogen and oxygen atoms in total. The molecular formula is C10H13BrF3NO. The van der Waals surface area contributed by atoms with Crippen LogP contribution >= 0.6 is 15.9 Å². The van der Waals surface area contributed by atoms with Gasteiger partial charge in [0.1, 0.15) is 5.76 Å². The summed E-state index contributed by atoms with van der Waals surface area (Å²) >= 11 is 3.07. The van der Waals surface area contributed by atoms with Gasteiger partial charge in [-0.3, -0.25) is 0 Å². The van der Waals surface area contributed by atoms with Crippen molar-refractivity contribution in [1.82, 2.24) is 5.32 Å². The molecule has 0 aliphatic carbocycles. The molecule has 1 heterocycles. The van der Waals surface area contributed by atoms with E-state index in [0.717, 1.165) is 6.42 Å². The number of hydrogen-bond donors (Lipinski definition) is 1. The van der Waals surface area contributed by atoms with E-state index in [4.69, 9.17) is 4.42 Å². The maximum atomic E-state index is 12.3. The first-order chi connectivity index (χ1) is 7.42. The molecular weight excluding hydrogens is 287 g/mol. The summed E-state index contributed by atoms with van der Waals surface area (Å²) in [5.74, 6) is 0.303. The van der Waals surface area contributed by atoms with Gasteiger partial charge in [0.05, 0.1) is 12.5 Å². The van der Waals surface area contributed by atoms with Crippen molar-refractivity contribution in [1.29, 1.82) is 0 Å². The molecule has 0 radical (unpaired) electrons. The van der Waals surface area contributed by atoms with E-state index in [1.165, 1.54) is 0 Å². The van der Waals surface area contributed by atoms with Gasteiger partial charge in [-0.05, 0) is 41.0 Å².